The lowest BCUT2D eigenvalue weighted by Crippen LogP contribution is -2.16. The molecule has 1 fully saturated rings. The summed E-state index contributed by atoms with van der Waals surface area (Å²) in [5.41, 5.74) is 1.48. The molecule has 0 atom stereocenters. The van der Waals surface area contributed by atoms with Gasteiger partial charge in [-0.3, -0.25) is 19.7 Å². The summed E-state index contributed by atoms with van der Waals surface area (Å²) < 4.78 is 1.90. The number of carbonyl (C=O) groups is 1. The summed E-state index contributed by atoms with van der Waals surface area (Å²) in [7, 11) is 0. The highest BCUT2D eigenvalue weighted by atomic mass is 16.1. The minimum atomic E-state index is -0.207. The van der Waals surface area contributed by atoms with Crippen LogP contribution in [0, 0.1) is 6.92 Å². The summed E-state index contributed by atoms with van der Waals surface area (Å²) in [6.45, 7) is 1.90. The molecule has 0 unspecified atom stereocenters. The quantitative estimate of drug-likeness (QED) is 0.888. The van der Waals surface area contributed by atoms with Gasteiger partial charge in [0.2, 0.25) is 5.95 Å². The fourth-order valence-electron chi connectivity index (χ4n) is 1.80. The van der Waals surface area contributed by atoms with E-state index in [0.29, 0.717) is 17.6 Å². The molecule has 6 heteroatoms. The first kappa shape index (κ1) is 10.9. The first-order valence-corrected chi connectivity index (χ1v) is 5.86. The standard InChI is InChI=1S/C12H13N5O/c1-8-4-9(6-13-5-8)11(18)15-12-16-14-7-17(12)10-2-3-10/h4-7,10H,2-3H2,1H3,(H,15,16,18). The van der Waals surface area contributed by atoms with Crippen molar-refractivity contribution in [1.29, 1.82) is 0 Å². The Labute approximate surface area is 104 Å². The second-order valence-electron chi connectivity index (χ2n) is 4.50. The van der Waals surface area contributed by atoms with Crippen LogP contribution in [-0.2, 0) is 0 Å². The minimum Gasteiger partial charge on any atom is -0.297 e. The van der Waals surface area contributed by atoms with Crippen LogP contribution in [0.3, 0.4) is 0 Å². The van der Waals surface area contributed by atoms with Crippen LogP contribution in [0.25, 0.3) is 0 Å². The molecule has 0 aliphatic heterocycles. The third-order valence-electron chi connectivity index (χ3n) is 2.88. The summed E-state index contributed by atoms with van der Waals surface area (Å²) in [5.74, 6) is 0.296. The van der Waals surface area contributed by atoms with Crippen LogP contribution in [0.1, 0.15) is 34.8 Å². The number of anilines is 1. The molecule has 18 heavy (non-hydrogen) atoms. The van der Waals surface area contributed by atoms with Crippen LogP contribution in [0.15, 0.2) is 24.8 Å². The SMILES string of the molecule is Cc1cncc(C(=O)Nc2nncn2C2CC2)c1. The van der Waals surface area contributed by atoms with Crippen molar-refractivity contribution in [3.63, 3.8) is 0 Å². The zero-order valence-electron chi connectivity index (χ0n) is 10.00. The summed E-state index contributed by atoms with van der Waals surface area (Å²) in [6, 6.07) is 2.23. The molecule has 1 N–H and O–H groups in total. The van der Waals surface area contributed by atoms with Crippen molar-refractivity contribution in [2.75, 3.05) is 5.32 Å². The number of amides is 1. The molecule has 2 heterocycles. The van der Waals surface area contributed by atoms with E-state index in [0.717, 1.165) is 18.4 Å². The Morgan fingerprint density at radius 2 is 2.28 bits per heavy atom. The second-order valence-corrected chi connectivity index (χ2v) is 4.50. The van der Waals surface area contributed by atoms with Crippen LogP contribution < -0.4 is 5.32 Å². The van der Waals surface area contributed by atoms with Crippen LogP contribution >= 0.6 is 0 Å². The van der Waals surface area contributed by atoms with Gasteiger partial charge in [0.05, 0.1) is 5.56 Å². The Balaban J connectivity index is 1.79. The van der Waals surface area contributed by atoms with Gasteiger partial charge < -0.3 is 0 Å². The zero-order chi connectivity index (χ0) is 12.5. The minimum absolute atomic E-state index is 0.207. The number of nitrogens with one attached hydrogen (secondary N) is 1. The number of rotatable bonds is 3. The lowest BCUT2D eigenvalue weighted by atomic mass is 10.2. The number of hydrogen-bond donors (Lipinski definition) is 1. The van der Waals surface area contributed by atoms with Gasteiger partial charge in [0.25, 0.3) is 5.91 Å². The number of aryl methyl sites for hydroxylation is 1. The van der Waals surface area contributed by atoms with Crippen molar-refractivity contribution in [1.82, 2.24) is 19.7 Å². The predicted octanol–water partition coefficient (Wildman–Crippen LogP) is 1.57. The summed E-state index contributed by atoms with van der Waals surface area (Å²) in [4.78, 5) is 16.0. The average Bonchev–Trinajstić information content (AvgIpc) is 3.10. The van der Waals surface area contributed by atoms with E-state index in [1.54, 1.807) is 24.8 Å². The van der Waals surface area contributed by atoms with Gasteiger partial charge in [0.1, 0.15) is 6.33 Å². The van der Waals surface area contributed by atoms with Gasteiger partial charge >= 0.3 is 0 Å². The topological polar surface area (TPSA) is 72.7 Å². The summed E-state index contributed by atoms with van der Waals surface area (Å²) in [6.07, 6.45) is 7.14. The normalized spacial score (nSPS) is 14.5. The fourth-order valence-corrected chi connectivity index (χ4v) is 1.80. The maximum absolute atomic E-state index is 12.0. The Kier molecular flexibility index (Phi) is 2.55. The smallest absolute Gasteiger partial charge is 0.259 e. The van der Waals surface area contributed by atoms with E-state index in [9.17, 15) is 4.79 Å². The van der Waals surface area contributed by atoms with Gasteiger partial charge in [0.15, 0.2) is 0 Å². The third kappa shape index (κ3) is 2.09. The molecule has 92 valence electrons. The van der Waals surface area contributed by atoms with E-state index in [1.165, 1.54) is 0 Å². The van der Waals surface area contributed by atoms with E-state index in [2.05, 4.69) is 20.5 Å². The largest absolute Gasteiger partial charge is 0.297 e. The van der Waals surface area contributed by atoms with Gasteiger partial charge in [-0.15, -0.1) is 10.2 Å². The number of pyridine rings is 1. The molecular formula is C12H13N5O. The lowest BCUT2D eigenvalue weighted by Gasteiger charge is -2.06. The molecule has 2 aromatic heterocycles. The van der Waals surface area contributed by atoms with Crippen molar-refractivity contribution >= 4 is 11.9 Å². The first-order valence-electron chi connectivity index (χ1n) is 5.86. The second kappa shape index (κ2) is 4.21. The van der Waals surface area contributed by atoms with Crippen LogP contribution in [-0.4, -0.2) is 25.7 Å². The van der Waals surface area contributed by atoms with Crippen LogP contribution in [0.2, 0.25) is 0 Å². The molecule has 0 saturated heterocycles. The van der Waals surface area contributed by atoms with Crippen molar-refractivity contribution in [2.24, 2.45) is 0 Å². The fraction of sp³-hybridized carbons (Fsp3) is 0.333. The molecule has 6 nitrogen and oxygen atoms in total. The molecule has 1 aliphatic rings. The molecular weight excluding hydrogens is 230 g/mol. The maximum atomic E-state index is 12.0. The van der Waals surface area contributed by atoms with Gasteiger partial charge in [0, 0.05) is 18.4 Å². The average molecular weight is 243 g/mol. The Morgan fingerprint density at radius 3 is 3.00 bits per heavy atom. The maximum Gasteiger partial charge on any atom is 0.259 e. The lowest BCUT2D eigenvalue weighted by molar-refractivity contribution is 0.102. The Morgan fingerprint density at radius 1 is 1.44 bits per heavy atom. The van der Waals surface area contributed by atoms with Gasteiger partial charge in [-0.25, -0.2) is 0 Å². The van der Waals surface area contributed by atoms with Crippen molar-refractivity contribution in [2.45, 2.75) is 25.8 Å². The highest BCUT2D eigenvalue weighted by molar-refractivity contribution is 6.03. The number of hydrogen-bond acceptors (Lipinski definition) is 4. The van der Waals surface area contributed by atoms with Crippen molar-refractivity contribution in [3.8, 4) is 0 Å². The molecule has 0 aromatic carbocycles. The van der Waals surface area contributed by atoms with E-state index in [1.807, 2.05) is 11.5 Å². The molecule has 1 aliphatic carbocycles. The predicted molar refractivity (Wildman–Crippen MR) is 65.2 cm³/mol. The van der Waals surface area contributed by atoms with E-state index in [4.69, 9.17) is 0 Å². The van der Waals surface area contributed by atoms with E-state index in [-0.39, 0.29) is 5.91 Å². The summed E-state index contributed by atoms with van der Waals surface area (Å²) >= 11 is 0. The Hall–Kier alpha value is -2.24. The van der Waals surface area contributed by atoms with Gasteiger partial charge in [-0.05, 0) is 31.4 Å². The number of nitrogens with zero attached hydrogens (tertiary/aromatic N) is 4. The molecule has 1 amide bonds. The molecule has 1 saturated carbocycles. The molecule has 0 bridgehead atoms. The molecule has 3 rings (SSSR count). The molecule has 0 radical (unpaired) electrons. The number of carbonyl (C=O) groups excluding carboxylic acids is 1. The van der Waals surface area contributed by atoms with Crippen molar-refractivity contribution < 1.29 is 4.79 Å². The highest BCUT2D eigenvalue weighted by Gasteiger charge is 2.26. The van der Waals surface area contributed by atoms with Crippen LogP contribution in [0.5, 0.6) is 0 Å². The monoisotopic (exact) mass is 243 g/mol. The van der Waals surface area contributed by atoms with Crippen LogP contribution in [0.4, 0.5) is 5.95 Å². The molecule has 2 aromatic rings. The van der Waals surface area contributed by atoms with E-state index >= 15 is 0 Å². The third-order valence-corrected chi connectivity index (χ3v) is 2.88. The zero-order valence-corrected chi connectivity index (χ0v) is 10.00. The highest BCUT2D eigenvalue weighted by Crippen LogP contribution is 2.36. The summed E-state index contributed by atoms with van der Waals surface area (Å²) in [5, 5.41) is 10.5. The first-order chi connectivity index (χ1) is 8.74. The van der Waals surface area contributed by atoms with Gasteiger partial charge in [-0.1, -0.05) is 0 Å². The Bertz CT molecular complexity index is 588. The number of aromatic nitrogens is 4. The molecule has 0 spiro atoms. The van der Waals surface area contributed by atoms with E-state index < -0.39 is 0 Å². The van der Waals surface area contributed by atoms with Gasteiger partial charge in [-0.2, -0.15) is 0 Å². The van der Waals surface area contributed by atoms with Crippen molar-refractivity contribution in [3.05, 3.63) is 35.9 Å².